The van der Waals surface area contributed by atoms with Crippen molar-refractivity contribution < 1.29 is 9.90 Å². The van der Waals surface area contributed by atoms with Gasteiger partial charge >= 0.3 is 5.97 Å². The molecule has 146 valence electrons. The number of nitrogen functional groups attached to an aromatic ring is 2. The van der Waals surface area contributed by atoms with Gasteiger partial charge < -0.3 is 16.6 Å². The molecule has 0 atom stereocenters. The molecule has 0 bridgehead atoms. The standard InChI is InChI=1S/C26H20N2O2/c27-18-9-5-15(6-10-18)24-22-13-17-3-1-2-4-20(17)21(22)14-23(26(29)30)25(24)16-7-11-19(28)12-8-16/h1-12,14H,13,27-28H2,(H,29,30). The summed E-state index contributed by atoms with van der Waals surface area (Å²) in [6, 6.07) is 25.0. The average molecular weight is 392 g/mol. The first-order valence-corrected chi connectivity index (χ1v) is 9.76. The van der Waals surface area contributed by atoms with E-state index >= 15 is 0 Å². The van der Waals surface area contributed by atoms with Crippen LogP contribution in [0, 0.1) is 0 Å². The number of nitrogens with two attached hydrogens (primary N) is 2. The molecule has 0 aliphatic heterocycles. The van der Waals surface area contributed by atoms with Gasteiger partial charge in [-0.2, -0.15) is 0 Å². The Morgan fingerprint density at radius 2 is 1.30 bits per heavy atom. The molecule has 0 fully saturated rings. The van der Waals surface area contributed by atoms with Crippen molar-refractivity contribution in [1.29, 1.82) is 0 Å². The van der Waals surface area contributed by atoms with Gasteiger partial charge in [0.05, 0.1) is 5.56 Å². The van der Waals surface area contributed by atoms with Crippen LogP contribution in [0.5, 0.6) is 0 Å². The normalized spacial score (nSPS) is 11.7. The molecule has 4 aromatic rings. The molecule has 4 aromatic carbocycles. The highest BCUT2D eigenvalue weighted by Gasteiger charge is 2.28. The number of hydrogen-bond donors (Lipinski definition) is 3. The topological polar surface area (TPSA) is 89.3 Å². The molecule has 4 nitrogen and oxygen atoms in total. The van der Waals surface area contributed by atoms with Crippen molar-refractivity contribution in [2.24, 2.45) is 0 Å². The molecule has 0 saturated heterocycles. The van der Waals surface area contributed by atoms with Gasteiger partial charge in [-0.15, -0.1) is 0 Å². The third-order valence-corrected chi connectivity index (χ3v) is 5.74. The predicted molar refractivity (Wildman–Crippen MR) is 121 cm³/mol. The van der Waals surface area contributed by atoms with Crippen molar-refractivity contribution >= 4 is 17.3 Å². The van der Waals surface area contributed by atoms with Crippen molar-refractivity contribution in [1.82, 2.24) is 0 Å². The van der Waals surface area contributed by atoms with Gasteiger partial charge in [0.15, 0.2) is 0 Å². The highest BCUT2D eigenvalue weighted by atomic mass is 16.4. The Bertz CT molecular complexity index is 1290. The number of carbonyl (C=O) groups is 1. The van der Waals surface area contributed by atoms with E-state index in [0.717, 1.165) is 39.8 Å². The minimum absolute atomic E-state index is 0.280. The second-order valence-corrected chi connectivity index (χ2v) is 7.58. The lowest BCUT2D eigenvalue weighted by atomic mass is 9.84. The Labute approximate surface area is 174 Å². The van der Waals surface area contributed by atoms with Crippen LogP contribution >= 0.6 is 0 Å². The zero-order valence-electron chi connectivity index (χ0n) is 16.2. The maximum absolute atomic E-state index is 12.4. The lowest BCUT2D eigenvalue weighted by molar-refractivity contribution is 0.0698. The number of carboxylic acid groups (broad SMARTS) is 1. The quantitative estimate of drug-likeness (QED) is 0.356. The number of aromatic carboxylic acids is 1. The first-order chi connectivity index (χ1) is 14.5. The largest absolute Gasteiger partial charge is 0.478 e. The zero-order valence-corrected chi connectivity index (χ0v) is 16.2. The molecular weight excluding hydrogens is 372 g/mol. The van der Waals surface area contributed by atoms with Crippen LogP contribution in [0.2, 0.25) is 0 Å². The van der Waals surface area contributed by atoms with Gasteiger partial charge in [-0.1, -0.05) is 48.5 Å². The van der Waals surface area contributed by atoms with Crippen molar-refractivity contribution in [3.63, 3.8) is 0 Å². The second kappa shape index (κ2) is 6.78. The number of rotatable bonds is 3. The molecule has 0 radical (unpaired) electrons. The highest BCUT2D eigenvalue weighted by Crippen LogP contribution is 2.47. The smallest absolute Gasteiger partial charge is 0.336 e. The molecule has 1 aliphatic rings. The van der Waals surface area contributed by atoms with E-state index in [1.54, 1.807) is 12.1 Å². The summed E-state index contributed by atoms with van der Waals surface area (Å²) in [5.74, 6) is -0.953. The molecule has 0 aromatic heterocycles. The maximum Gasteiger partial charge on any atom is 0.336 e. The zero-order chi connectivity index (χ0) is 20.8. The van der Waals surface area contributed by atoms with Crippen molar-refractivity contribution in [3.05, 3.63) is 95.6 Å². The van der Waals surface area contributed by atoms with E-state index in [4.69, 9.17) is 11.5 Å². The van der Waals surface area contributed by atoms with E-state index in [1.165, 1.54) is 5.56 Å². The van der Waals surface area contributed by atoms with E-state index in [2.05, 4.69) is 12.1 Å². The predicted octanol–water partition coefficient (Wildman–Crippen LogP) is 5.45. The molecule has 0 unspecified atom stereocenters. The van der Waals surface area contributed by atoms with E-state index in [0.29, 0.717) is 16.9 Å². The molecular formula is C26H20N2O2. The summed E-state index contributed by atoms with van der Waals surface area (Å²) in [5, 5.41) is 10.1. The first kappa shape index (κ1) is 18.0. The highest BCUT2D eigenvalue weighted by molar-refractivity contribution is 6.06. The minimum atomic E-state index is -0.953. The molecule has 0 saturated carbocycles. The van der Waals surface area contributed by atoms with Crippen LogP contribution in [0.4, 0.5) is 11.4 Å². The summed E-state index contributed by atoms with van der Waals surface area (Å²) in [6.45, 7) is 0. The van der Waals surface area contributed by atoms with Gasteiger partial charge in [-0.3, -0.25) is 0 Å². The van der Waals surface area contributed by atoms with Gasteiger partial charge in [0.2, 0.25) is 0 Å². The summed E-state index contributed by atoms with van der Waals surface area (Å²) < 4.78 is 0. The van der Waals surface area contributed by atoms with Crippen molar-refractivity contribution in [2.75, 3.05) is 11.5 Å². The SMILES string of the molecule is Nc1ccc(-c2c(C(=O)O)cc3c(c2-c2ccc(N)cc2)Cc2ccccc2-3)cc1. The van der Waals surface area contributed by atoms with Crippen LogP contribution in [-0.4, -0.2) is 11.1 Å². The number of hydrogen-bond acceptors (Lipinski definition) is 3. The van der Waals surface area contributed by atoms with Crippen LogP contribution in [-0.2, 0) is 6.42 Å². The van der Waals surface area contributed by atoms with Crippen LogP contribution in [0.3, 0.4) is 0 Å². The molecule has 5 N–H and O–H groups in total. The Kier molecular flexibility index (Phi) is 4.07. The monoisotopic (exact) mass is 392 g/mol. The number of carboxylic acids is 1. The number of anilines is 2. The average Bonchev–Trinajstić information content (AvgIpc) is 3.12. The molecule has 5 rings (SSSR count). The van der Waals surface area contributed by atoms with E-state index in [9.17, 15) is 9.90 Å². The summed E-state index contributed by atoms with van der Waals surface area (Å²) in [7, 11) is 0. The second-order valence-electron chi connectivity index (χ2n) is 7.58. The Morgan fingerprint density at radius 3 is 1.90 bits per heavy atom. The summed E-state index contributed by atoms with van der Waals surface area (Å²) >= 11 is 0. The lowest BCUT2D eigenvalue weighted by Crippen LogP contribution is -2.04. The molecule has 30 heavy (non-hydrogen) atoms. The fraction of sp³-hybridized carbons (Fsp3) is 0.0385. The summed E-state index contributed by atoms with van der Waals surface area (Å²) in [4.78, 5) is 12.4. The Balaban J connectivity index is 1.90. The first-order valence-electron chi connectivity index (χ1n) is 9.76. The van der Waals surface area contributed by atoms with Crippen molar-refractivity contribution in [2.45, 2.75) is 6.42 Å². The van der Waals surface area contributed by atoms with Crippen LogP contribution in [0.25, 0.3) is 33.4 Å². The summed E-state index contributed by atoms with van der Waals surface area (Å²) in [6.07, 6.45) is 0.757. The minimum Gasteiger partial charge on any atom is -0.478 e. The van der Waals surface area contributed by atoms with Gasteiger partial charge in [-0.25, -0.2) is 4.79 Å². The maximum atomic E-state index is 12.4. The molecule has 0 amide bonds. The summed E-state index contributed by atoms with van der Waals surface area (Å²) in [5.41, 5.74) is 21.2. The van der Waals surface area contributed by atoms with Gasteiger partial charge in [0.1, 0.15) is 0 Å². The molecule has 0 heterocycles. The van der Waals surface area contributed by atoms with Crippen LogP contribution in [0.1, 0.15) is 21.5 Å². The van der Waals surface area contributed by atoms with E-state index in [1.807, 2.05) is 54.6 Å². The van der Waals surface area contributed by atoms with Gasteiger partial charge in [0.25, 0.3) is 0 Å². The van der Waals surface area contributed by atoms with Crippen LogP contribution in [0.15, 0.2) is 78.9 Å². The van der Waals surface area contributed by atoms with E-state index in [-0.39, 0.29) is 5.56 Å². The molecule has 1 aliphatic carbocycles. The van der Waals surface area contributed by atoms with Crippen molar-refractivity contribution in [3.8, 4) is 33.4 Å². The lowest BCUT2D eigenvalue weighted by Gasteiger charge is -2.19. The third-order valence-electron chi connectivity index (χ3n) is 5.74. The molecule has 4 heteroatoms. The number of benzene rings is 4. The fourth-order valence-corrected chi connectivity index (χ4v) is 4.36. The molecule has 0 spiro atoms. The van der Waals surface area contributed by atoms with Crippen LogP contribution < -0.4 is 11.5 Å². The number of fused-ring (bicyclic) bond motifs is 3. The Hall–Kier alpha value is -4.05. The third kappa shape index (κ3) is 2.81. The Morgan fingerprint density at radius 1 is 0.733 bits per heavy atom. The fourth-order valence-electron chi connectivity index (χ4n) is 4.36. The van der Waals surface area contributed by atoms with E-state index < -0.39 is 5.97 Å². The van der Waals surface area contributed by atoms with Gasteiger partial charge in [-0.05, 0) is 75.7 Å². The van der Waals surface area contributed by atoms with Gasteiger partial charge in [0, 0.05) is 16.9 Å².